The Morgan fingerprint density at radius 1 is 1.07 bits per heavy atom. The van der Waals surface area contributed by atoms with Crippen molar-refractivity contribution in [1.29, 1.82) is 0 Å². The molecule has 2 aromatic rings. The summed E-state index contributed by atoms with van der Waals surface area (Å²) >= 11 is 0. The molecule has 1 aliphatic rings. The molecule has 0 saturated carbocycles. The van der Waals surface area contributed by atoms with Crippen LogP contribution >= 0.6 is 0 Å². The van der Waals surface area contributed by atoms with Gasteiger partial charge in [0.1, 0.15) is 19.0 Å². The smallest absolute Gasteiger partial charge is 0.310 e. The van der Waals surface area contributed by atoms with E-state index < -0.39 is 18.0 Å². The number of carbonyl (C=O) groups excluding carboxylic acids is 2. The third-order valence-electron chi connectivity index (χ3n) is 4.39. The molecule has 1 unspecified atom stereocenters. The van der Waals surface area contributed by atoms with Gasteiger partial charge in [-0.25, -0.2) is 0 Å². The Kier molecular flexibility index (Phi) is 6.59. The van der Waals surface area contributed by atoms with Crippen molar-refractivity contribution < 1.29 is 28.5 Å². The summed E-state index contributed by atoms with van der Waals surface area (Å²) in [5.74, 6) is 1.02. The first-order chi connectivity index (χ1) is 13.9. The number of anilines is 1. The zero-order chi connectivity index (χ0) is 20.8. The number of rotatable bonds is 7. The Hall–Kier alpha value is -3.22. The van der Waals surface area contributed by atoms with Crippen molar-refractivity contribution in [3.63, 3.8) is 0 Å². The fraction of sp³-hybridized carbons (Fsp3) is 0.364. The second-order valence-corrected chi connectivity index (χ2v) is 6.85. The van der Waals surface area contributed by atoms with E-state index in [9.17, 15) is 9.59 Å². The summed E-state index contributed by atoms with van der Waals surface area (Å²) in [7, 11) is 0. The average molecular weight is 399 g/mol. The third kappa shape index (κ3) is 5.63. The van der Waals surface area contributed by atoms with Crippen molar-refractivity contribution in [3.8, 4) is 17.2 Å². The minimum absolute atomic E-state index is 0.0506. The maximum Gasteiger partial charge on any atom is 0.310 e. The molecular weight excluding hydrogens is 374 g/mol. The maximum absolute atomic E-state index is 12.3. The van der Waals surface area contributed by atoms with Crippen LogP contribution in [0.15, 0.2) is 36.4 Å². The van der Waals surface area contributed by atoms with Crippen LogP contribution in [0.4, 0.5) is 5.69 Å². The average Bonchev–Trinajstić information content (AvgIpc) is 2.70. The lowest BCUT2D eigenvalue weighted by molar-refractivity contribution is -0.153. The number of ether oxygens (including phenoxy) is 4. The van der Waals surface area contributed by atoms with E-state index in [-0.39, 0.29) is 13.0 Å². The molecular formula is C22H25NO6. The van der Waals surface area contributed by atoms with Crippen LogP contribution in [0.1, 0.15) is 24.5 Å². The number of nitrogens with one attached hydrogen (secondary N) is 1. The normalized spacial score (nSPS) is 13.3. The van der Waals surface area contributed by atoms with E-state index >= 15 is 0 Å². The van der Waals surface area contributed by atoms with Gasteiger partial charge >= 0.3 is 5.97 Å². The number of carbonyl (C=O) groups is 2. The molecule has 1 heterocycles. The van der Waals surface area contributed by atoms with Crippen LogP contribution in [0.5, 0.6) is 17.2 Å². The Labute approximate surface area is 169 Å². The molecule has 154 valence electrons. The Balaban J connectivity index is 1.45. The molecule has 1 aliphatic heterocycles. The molecule has 1 N–H and O–H groups in total. The van der Waals surface area contributed by atoms with Gasteiger partial charge in [-0.3, -0.25) is 9.59 Å². The van der Waals surface area contributed by atoms with E-state index in [1.165, 1.54) is 6.92 Å². The molecule has 0 radical (unpaired) electrons. The fourth-order valence-electron chi connectivity index (χ4n) is 2.78. The van der Waals surface area contributed by atoms with Crippen LogP contribution in [0.2, 0.25) is 0 Å². The zero-order valence-electron chi connectivity index (χ0n) is 16.8. The molecule has 1 amide bonds. The molecule has 3 rings (SSSR count). The number of amides is 1. The highest BCUT2D eigenvalue weighted by Crippen LogP contribution is 2.32. The van der Waals surface area contributed by atoms with Gasteiger partial charge in [0.2, 0.25) is 0 Å². The van der Waals surface area contributed by atoms with E-state index in [1.54, 1.807) is 18.2 Å². The Morgan fingerprint density at radius 2 is 1.83 bits per heavy atom. The van der Waals surface area contributed by atoms with Gasteiger partial charge in [0.05, 0.1) is 13.0 Å². The number of hydrogen-bond acceptors (Lipinski definition) is 6. The van der Waals surface area contributed by atoms with E-state index in [0.717, 1.165) is 16.9 Å². The highest BCUT2D eigenvalue weighted by Gasteiger charge is 2.19. The van der Waals surface area contributed by atoms with Crippen molar-refractivity contribution in [1.82, 2.24) is 0 Å². The van der Waals surface area contributed by atoms with E-state index in [0.29, 0.717) is 30.4 Å². The largest absolute Gasteiger partial charge is 0.493 e. The molecule has 2 aromatic carbocycles. The zero-order valence-corrected chi connectivity index (χ0v) is 16.8. The van der Waals surface area contributed by atoms with Crippen molar-refractivity contribution in [2.45, 2.75) is 33.3 Å². The minimum atomic E-state index is -0.934. The molecule has 0 aromatic heterocycles. The number of benzene rings is 2. The molecule has 0 spiro atoms. The van der Waals surface area contributed by atoms with Gasteiger partial charge in [-0.15, -0.1) is 0 Å². The Morgan fingerprint density at radius 3 is 2.62 bits per heavy atom. The topological polar surface area (TPSA) is 83.1 Å². The molecule has 1 atom stereocenters. The first-order valence-corrected chi connectivity index (χ1v) is 9.52. The lowest BCUT2D eigenvalue weighted by Gasteiger charge is -2.19. The van der Waals surface area contributed by atoms with Gasteiger partial charge in [0.25, 0.3) is 5.91 Å². The third-order valence-corrected chi connectivity index (χ3v) is 4.39. The molecule has 0 bridgehead atoms. The van der Waals surface area contributed by atoms with Crippen LogP contribution in [-0.4, -0.2) is 37.8 Å². The van der Waals surface area contributed by atoms with Gasteiger partial charge in [-0.1, -0.05) is 12.1 Å². The van der Waals surface area contributed by atoms with Crippen LogP contribution in [0, 0.1) is 13.8 Å². The second-order valence-electron chi connectivity index (χ2n) is 6.85. The summed E-state index contributed by atoms with van der Waals surface area (Å²) in [6, 6.07) is 11.0. The Bertz CT molecular complexity index is 895. The highest BCUT2D eigenvalue weighted by atomic mass is 16.6. The highest BCUT2D eigenvalue weighted by molar-refractivity contribution is 5.95. The van der Waals surface area contributed by atoms with Gasteiger partial charge in [-0.05, 0) is 50.1 Å². The summed E-state index contributed by atoms with van der Waals surface area (Å²) in [6.07, 6.45) is -0.883. The number of fused-ring (bicyclic) bond motifs is 1. The van der Waals surface area contributed by atoms with E-state index in [4.69, 9.17) is 18.9 Å². The predicted molar refractivity (Wildman–Crippen MR) is 108 cm³/mol. The monoisotopic (exact) mass is 399 g/mol. The van der Waals surface area contributed by atoms with Gasteiger partial charge < -0.3 is 24.3 Å². The SMILES string of the molecule is Cc1ccc(C)c(OCCC(=O)OC(C)C(=O)Nc2ccc3c(c2)OCCO3)c1. The fourth-order valence-corrected chi connectivity index (χ4v) is 2.78. The molecule has 0 saturated heterocycles. The lowest BCUT2D eigenvalue weighted by atomic mass is 10.1. The first kappa shape index (κ1) is 20.5. The number of aryl methyl sites for hydroxylation is 2. The molecule has 0 fully saturated rings. The van der Waals surface area contributed by atoms with Crippen LogP contribution < -0.4 is 19.5 Å². The van der Waals surface area contributed by atoms with Crippen molar-refractivity contribution in [2.24, 2.45) is 0 Å². The molecule has 29 heavy (non-hydrogen) atoms. The van der Waals surface area contributed by atoms with Crippen LogP contribution in [0.3, 0.4) is 0 Å². The predicted octanol–water partition coefficient (Wildman–Crippen LogP) is 3.41. The summed E-state index contributed by atoms with van der Waals surface area (Å²) < 4.78 is 21.8. The van der Waals surface area contributed by atoms with Crippen molar-refractivity contribution in [2.75, 3.05) is 25.1 Å². The summed E-state index contributed by atoms with van der Waals surface area (Å²) in [4.78, 5) is 24.3. The van der Waals surface area contributed by atoms with Crippen molar-refractivity contribution >= 4 is 17.6 Å². The number of hydrogen-bond donors (Lipinski definition) is 1. The van der Waals surface area contributed by atoms with Gasteiger partial charge in [0, 0.05) is 11.8 Å². The maximum atomic E-state index is 12.3. The van der Waals surface area contributed by atoms with Crippen LogP contribution in [-0.2, 0) is 14.3 Å². The quantitative estimate of drug-likeness (QED) is 0.719. The van der Waals surface area contributed by atoms with Crippen molar-refractivity contribution in [3.05, 3.63) is 47.5 Å². The van der Waals surface area contributed by atoms with E-state index in [2.05, 4.69) is 5.32 Å². The standard InChI is InChI=1S/C22H25NO6/c1-14-4-5-15(2)19(12-14)26-9-8-21(24)29-16(3)22(25)23-17-6-7-18-20(13-17)28-11-10-27-18/h4-7,12-13,16H,8-11H2,1-3H3,(H,23,25). The van der Waals surface area contributed by atoms with E-state index in [1.807, 2.05) is 32.0 Å². The van der Waals surface area contributed by atoms with Crippen LogP contribution in [0.25, 0.3) is 0 Å². The minimum Gasteiger partial charge on any atom is -0.493 e. The van der Waals surface area contributed by atoms with Gasteiger partial charge in [-0.2, -0.15) is 0 Å². The second kappa shape index (κ2) is 9.32. The molecule has 7 heteroatoms. The summed E-state index contributed by atoms with van der Waals surface area (Å²) in [6.45, 7) is 6.58. The summed E-state index contributed by atoms with van der Waals surface area (Å²) in [5.41, 5.74) is 2.62. The lowest BCUT2D eigenvalue weighted by Crippen LogP contribution is -2.30. The molecule has 0 aliphatic carbocycles. The number of esters is 1. The van der Waals surface area contributed by atoms with Gasteiger partial charge in [0.15, 0.2) is 17.6 Å². The summed E-state index contributed by atoms with van der Waals surface area (Å²) in [5, 5.41) is 2.71. The first-order valence-electron chi connectivity index (χ1n) is 9.52. The molecule has 7 nitrogen and oxygen atoms in total.